The Morgan fingerprint density at radius 1 is 1.19 bits per heavy atom. The van der Waals surface area contributed by atoms with Crippen molar-refractivity contribution >= 4 is 22.8 Å². The molecule has 0 aliphatic carbocycles. The molecule has 0 aliphatic rings. The van der Waals surface area contributed by atoms with Gasteiger partial charge in [-0.25, -0.2) is 0 Å². The minimum atomic E-state index is -0.225. The minimum absolute atomic E-state index is 0.0770. The molecule has 0 radical (unpaired) electrons. The zero-order valence-corrected chi connectivity index (χ0v) is 15.9. The van der Waals surface area contributed by atoms with E-state index in [0.717, 1.165) is 11.8 Å². The molecule has 0 aliphatic heterocycles. The first-order chi connectivity index (χ1) is 12.4. The van der Waals surface area contributed by atoms with Crippen LogP contribution in [0.15, 0.2) is 34.9 Å². The maximum Gasteiger partial charge on any atom is 0.251 e. The third-order valence-corrected chi connectivity index (χ3v) is 4.20. The van der Waals surface area contributed by atoms with Gasteiger partial charge in [0, 0.05) is 30.6 Å². The van der Waals surface area contributed by atoms with E-state index >= 15 is 0 Å². The first-order valence-corrected chi connectivity index (χ1v) is 8.95. The molecule has 0 bridgehead atoms. The lowest BCUT2D eigenvalue weighted by Crippen LogP contribution is -2.45. The molecular weight excluding hydrogens is 332 g/mol. The van der Waals surface area contributed by atoms with E-state index in [2.05, 4.69) is 24.5 Å². The van der Waals surface area contributed by atoms with Crippen molar-refractivity contribution in [2.75, 3.05) is 20.3 Å². The number of ether oxygens (including phenoxy) is 1. The van der Waals surface area contributed by atoms with Crippen molar-refractivity contribution in [2.24, 2.45) is 11.8 Å². The van der Waals surface area contributed by atoms with Crippen LogP contribution in [-0.4, -0.2) is 38.1 Å². The highest BCUT2D eigenvalue weighted by Gasteiger charge is 2.19. The Morgan fingerprint density at radius 3 is 2.65 bits per heavy atom. The Labute approximate surface area is 154 Å². The number of amides is 2. The molecule has 0 saturated heterocycles. The molecule has 1 aromatic carbocycles. The second-order valence-electron chi connectivity index (χ2n) is 7.07. The normalized spacial score (nSPS) is 13.6. The molecule has 2 aromatic rings. The SMILES string of the molecule is COCC(C)C(=O)NCC(CC(C)C)NC(=O)c1ccc2ccoc2c1. The van der Waals surface area contributed by atoms with E-state index in [4.69, 9.17) is 9.15 Å². The Kier molecular flexibility index (Phi) is 7.21. The molecule has 142 valence electrons. The highest BCUT2D eigenvalue weighted by Crippen LogP contribution is 2.17. The van der Waals surface area contributed by atoms with E-state index in [-0.39, 0.29) is 23.8 Å². The summed E-state index contributed by atoms with van der Waals surface area (Å²) in [5.41, 5.74) is 1.22. The zero-order valence-electron chi connectivity index (χ0n) is 15.9. The fraction of sp³-hybridized carbons (Fsp3) is 0.500. The van der Waals surface area contributed by atoms with Crippen LogP contribution < -0.4 is 10.6 Å². The highest BCUT2D eigenvalue weighted by molar-refractivity contribution is 5.97. The molecule has 6 heteroatoms. The number of methoxy groups -OCH3 is 1. The van der Waals surface area contributed by atoms with Gasteiger partial charge in [0.15, 0.2) is 0 Å². The Bertz CT molecular complexity index is 738. The van der Waals surface area contributed by atoms with Gasteiger partial charge in [-0.1, -0.05) is 26.8 Å². The quantitative estimate of drug-likeness (QED) is 0.720. The average molecular weight is 360 g/mol. The Morgan fingerprint density at radius 2 is 1.96 bits per heavy atom. The molecule has 2 unspecified atom stereocenters. The standard InChI is InChI=1S/C20H28N2O4/c1-13(2)9-17(11-21-19(23)14(3)12-25-4)22-20(24)16-6-5-15-7-8-26-18(15)10-16/h5-8,10,13-14,17H,9,11-12H2,1-4H3,(H,21,23)(H,22,24). The summed E-state index contributed by atoms with van der Waals surface area (Å²) >= 11 is 0. The number of hydrogen-bond donors (Lipinski definition) is 2. The van der Waals surface area contributed by atoms with Crippen LogP contribution >= 0.6 is 0 Å². The van der Waals surface area contributed by atoms with Gasteiger partial charge in [-0.05, 0) is 30.5 Å². The molecule has 6 nitrogen and oxygen atoms in total. The monoisotopic (exact) mass is 360 g/mol. The van der Waals surface area contributed by atoms with Crippen LogP contribution in [-0.2, 0) is 9.53 Å². The molecule has 2 N–H and O–H groups in total. The van der Waals surface area contributed by atoms with Gasteiger partial charge in [0.2, 0.25) is 5.91 Å². The van der Waals surface area contributed by atoms with E-state index in [0.29, 0.717) is 30.2 Å². The van der Waals surface area contributed by atoms with Gasteiger partial charge in [0.1, 0.15) is 5.58 Å². The third-order valence-electron chi connectivity index (χ3n) is 4.20. The van der Waals surface area contributed by atoms with Gasteiger partial charge in [0.25, 0.3) is 5.91 Å². The predicted octanol–water partition coefficient (Wildman–Crippen LogP) is 2.98. The number of rotatable bonds is 9. The lowest BCUT2D eigenvalue weighted by Gasteiger charge is -2.22. The smallest absolute Gasteiger partial charge is 0.251 e. The molecule has 0 fully saturated rings. The van der Waals surface area contributed by atoms with Crippen molar-refractivity contribution < 1.29 is 18.7 Å². The van der Waals surface area contributed by atoms with Gasteiger partial charge < -0.3 is 19.8 Å². The summed E-state index contributed by atoms with van der Waals surface area (Å²) < 4.78 is 10.4. The average Bonchev–Trinajstić information content (AvgIpc) is 3.06. The van der Waals surface area contributed by atoms with E-state index in [1.807, 2.05) is 19.1 Å². The van der Waals surface area contributed by atoms with Crippen LogP contribution in [0.3, 0.4) is 0 Å². The maximum atomic E-state index is 12.6. The second kappa shape index (κ2) is 9.38. The number of carbonyl (C=O) groups excluding carboxylic acids is 2. The summed E-state index contributed by atoms with van der Waals surface area (Å²) in [6.45, 7) is 6.75. The first kappa shape index (κ1) is 20.0. The van der Waals surface area contributed by atoms with Crippen LogP contribution in [0.25, 0.3) is 11.0 Å². The fourth-order valence-electron chi connectivity index (χ4n) is 2.85. The van der Waals surface area contributed by atoms with E-state index in [1.165, 1.54) is 0 Å². The number of hydrogen-bond acceptors (Lipinski definition) is 4. The summed E-state index contributed by atoms with van der Waals surface area (Å²) in [6.07, 6.45) is 2.37. The summed E-state index contributed by atoms with van der Waals surface area (Å²) in [5.74, 6) is -0.0853. The van der Waals surface area contributed by atoms with Crippen molar-refractivity contribution in [3.8, 4) is 0 Å². The summed E-state index contributed by atoms with van der Waals surface area (Å²) in [4.78, 5) is 24.7. The van der Waals surface area contributed by atoms with Crippen molar-refractivity contribution in [1.82, 2.24) is 10.6 Å². The zero-order chi connectivity index (χ0) is 19.1. The van der Waals surface area contributed by atoms with Gasteiger partial charge >= 0.3 is 0 Å². The number of benzene rings is 1. The van der Waals surface area contributed by atoms with Gasteiger partial charge in [-0.2, -0.15) is 0 Å². The van der Waals surface area contributed by atoms with Gasteiger partial charge in [-0.3, -0.25) is 9.59 Å². The Balaban J connectivity index is 1.99. The summed E-state index contributed by atoms with van der Waals surface area (Å²) in [7, 11) is 1.57. The number of carbonyl (C=O) groups is 2. The van der Waals surface area contributed by atoms with E-state index in [1.54, 1.807) is 25.5 Å². The lowest BCUT2D eigenvalue weighted by atomic mass is 10.0. The molecule has 26 heavy (non-hydrogen) atoms. The van der Waals surface area contributed by atoms with Gasteiger partial charge in [0.05, 0.1) is 18.8 Å². The summed E-state index contributed by atoms with van der Waals surface area (Å²) in [5, 5.41) is 6.88. The first-order valence-electron chi connectivity index (χ1n) is 8.95. The molecule has 1 aromatic heterocycles. The van der Waals surface area contributed by atoms with E-state index in [9.17, 15) is 9.59 Å². The molecule has 2 atom stereocenters. The lowest BCUT2D eigenvalue weighted by molar-refractivity contribution is -0.126. The third kappa shape index (κ3) is 5.59. The van der Waals surface area contributed by atoms with Crippen LogP contribution in [0.2, 0.25) is 0 Å². The Hall–Kier alpha value is -2.34. The summed E-state index contributed by atoms with van der Waals surface area (Å²) in [6, 6.07) is 7.08. The van der Waals surface area contributed by atoms with Crippen LogP contribution in [0.5, 0.6) is 0 Å². The fourth-order valence-corrected chi connectivity index (χ4v) is 2.85. The molecular formula is C20H28N2O4. The molecule has 2 rings (SSSR count). The molecule has 1 heterocycles. The predicted molar refractivity (Wildman–Crippen MR) is 101 cm³/mol. The molecule has 2 amide bonds. The van der Waals surface area contributed by atoms with Crippen molar-refractivity contribution in [2.45, 2.75) is 33.2 Å². The largest absolute Gasteiger partial charge is 0.464 e. The molecule has 0 saturated carbocycles. The van der Waals surface area contributed by atoms with Crippen LogP contribution in [0.1, 0.15) is 37.6 Å². The second-order valence-corrected chi connectivity index (χ2v) is 7.07. The number of nitrogens with one attached hydrogen (secondary N) is 2. The maximum absolute atomic E-state index is 12.6. The van der Waals surface area contributed by atoms with Crippen molar-refractivity contribution in [3.63, 3.8) is 0 Å². The van der Waals surface area contributed by atoms with Crippen molar-refractivity contribution in [1.29, 1.82) is 0 Å². The topological polar surface area (TPSA) is 80.6 Å². The highest BCUT2D eigenvalue weighted by atomic mass is 16.5. The van der Waals surface area contributed by atoms with Gasteiger partial charge in [-0.15, -0.1) is 0 Å². The number of fused-ring (bicyclic) bond motifs is 1. The van der Waals surface area contributed by atoms with Crippen LogP contribution in [0.4, 0.5) is 0 Å². The van der Waals surface area contributed by atoms with E-state index < -0.39 is 0 Å². The number of furan rings is 1. The molecule has 0 spiro atoms. The van der Waals surface area contributed by atoms with Crippen LogP contribution in [0, 0.1) is 11.8 Å². The van der Waals surface area contributed by atoms with Crippen molar-refractivity contribution in [3.05, 3.63) is 36.1 Å². The minimum Gasteiger partial charge on any atom is -0.464 e.